The van der Waals surface area contributed by atoms with Gasteiger partial charge in [0, 0.05) is 30.2 Å². The zero-order chi connectivity index (χ0) is 24.2. The molecule has 10 nitrogen and oxygen atoms in total. The van der Waals surface area contributed by atoms with Crippen molar-refractivity contribution in [3.8, 4) is 0 Å². The zero-order valence-electron chi connectivity index (χ0n) is 19.2. The van der Waals surface area contributed by atoms with Crippen molar-refractivity contribution in [3.63, 3.8) is 0 Å². The maximum absolute atomic E-state index is 11.6. The molecule has 1 aliphatic heterocycles. The van der Waals surface area contributed by atoms with Gasteiger partial charge in [0.2, 0.25) is 0 Å². The van der Waals surface area contributed by atoms with Crippen molar-refractivity contribution >= 4 is 52.2 Å². The third-order valence-corrected chi connectivity index (χ3v) is 7.28. The van der Waals surface area contributed by atoms with Gasteiger partial charge in [-0.05, 0) is 24.6 Å². The second kappa shape index (κ2) is 10.6. The highest BCUT2D eigenvalue weighted by molar-refractivity contribution is 7.99. The van der Waals surface area contributed by atoms with Gasteiger partial charge in [0.15, 0.2) is 11.5 Å². The van der Waals surface area contributed by atoms with Gasteiger partial charge < -0.3 is 14.0 Å². The summed E-state index contributed by atoms with van der Waals surface area (Å²) in [5.41, 5.74) is 3.58. The number of thioether (sulfide) groups is 1. The van der Waals surface area contributed by atoms with Gasteiger partial charge in [-0.1, -0.05) is 17.8 Å². The van der Waals surface area contributed by atoms with E-state index in [1.54, 1.807) is 44.5 Å². The monoisotopic (exact) mass is 509 g/mol. The van der Waals surface area contributed by atoms with Crippen LogP contribution in [0.3, 0.4) is 0 Å². The Kier molecular flexibility index (Phi) is 7.11. The number of imidazole rings is 1. The fraction of sp³-hybridized carbons (Fsp3) is 0.304. The Balaban J connectivity index is 1.38. The van der Waals surface area contributed by atoms with Gasteiger partial charge >= 0.3 is 5.97 Å². The molecule has 35 heavy (non-hydrogen) atoms. The quantitative estimate of drug-likeness (QED) is 0.186. The van der Waals surface area contributed by atoms with Crippen molar-refractivity contribution < 1.29 is 14.3 Å². The SMILES string of the molecule is CCOC(=O)CCSc1ncnc2c1ncn2Cc1ccc2c(c1)N(COC)c1nccnc1S2. The number of fused-ring (bicyclic) bond motifs is 3. The van der Waals surface area contributed by atoms with Crippen molar-refractivity contribution in [1.82, 2.24) is 29.5 Å². The standard InChI is InChI=1S/C23H23N7O3S2/c1-3-33-18(31)6-9-34-22-19-20(26-12-27-22)29(13-28-19)11-15-4-5-17-16(10-15)30(14-32-2)21-23(35-17)25-8-7-24-21/h4-5,7-8,10,12-13H,3,6,9,11,14H2,1-2H3. The zero-order valence-corrected chi connectivity index (χ0v) is 20.9. The summed E-state index contributed by atoms with van der Waals surface area (Å²) < 4.78 is 12.5. The molecule has 0 bridgehead atoms. The van der Waals surface area contributed by atoms with Crippen molar-refractivity contribution in [3.05, 3.63) is 48.8 Å². The van der Waals surface area contributed by atoms with E-state index < -0.39 is 0 Å². The van der Waals surface area contributed by atoms with Gasteiger partial charge in [0.05, 0.1) is 31.6 Å². The van der Waals surface area contributed by atoms with Gasteiger partial charge in [-0.3, -0.25) is 9.69 Å². The molecule has 0 N–H and O–H groups in total. The van der Waals surface area contributed by atoms with Crippen LogP contribution in [-0.2, 0) is 20.8 Å². The summed E-state index contributed by atoms with van der Waals surface area (Å²) in [6.07, 6.45) is 7.02. The number of benzene rings is 1. The van der Waals surface area contributed by atoms with Crippen LogP contribution in [0, 0.1) is 0 Å². The summed E-state index contributed by atoms with van der Waals surface area (Å²) in [6.45, 7) is 3.15. The molecule has 0 amide bonds. The van der Waals surface area contributed by atoms with Crippen molar-refractivity contribution in [2.24, 2.45) is 0 Å². The molecule has 4 heterocycles. The molecular formula is C23H23N7O3S2. The Bertz CT molecular complexity index is 1360. The van der Waals surface area contributed by atoms with E-state index in [2.05, 4.69) is 43.1 Å². The largest absolute Gasteiger partial charge is 0.466 e. The predicted octanol–water partition coefficient (Wildman–Crippen LogP) is 3.92. The Hall–Kier alpha value is -3.22. The van der Waals surface area contributed by atoms with E-state index in [4.69, 9.17) is 9.47 Å². The van der Waals surface area contributed by atoms with Crippen LogP contribution in [0.1, 0.15) is 18.9 Å². The lowest BCUT2D eigenvalue weighted by molar-refractivity contribution is -0.142. The first-order valence-corrected chi connectivity index (χ1v) is 12.8. The first kappa shape index (κ1) is 23.5. The number of hydrogen-bond acceptors (Lipinski definition) is 11. The van der Waals surface area contributed by atoms with E-state index in [0.717, 1.165) is 43.2 Å². The Morgan fingerprint density at radius 2 is 2.03 bits per heavy atom. The van der Waals surface area contributed by atoms with Crippen LogP contribution in [0.15, 0.2) is 58.2 Å². The molecule has 0 saturated heterocycles. The topological polar surface area (TPSA) is 108 Å². The van der Waals surface area contributed by atoms with Gasteiger partial charge in [-0.15, -0.1) is 11.8 Å². The van der Waals surface area contributed by atoms with E-state index in [0.29, 0.717) is 32.1 Å². The fourth-order valence-corrected chi connectivity index (χ4v) is 5.60. The van der Waals surface area contributed by atoms with Crippen LogP contribution in [0.5, 0.6) is 0 Å². The summed E-state index contributed by atoms with van der Waals surface area (Å²) in [7, 11) is 1.67. The third-order valence-electron chi connectivity index (χ3n) is 5.25. The highest BCUT2D eigenvalue weighted by atomic mass is 32.2. The van der Waals surface area contributed by atoms with Crippen molar-refractivity contribution in [1.29, 1.82) is 0 Å². The lowest BCUT2D eigenvalue weighted by atomic mass is 10.2. The molecule has 5 rings (SSSR count). The minimum atomic E-state index is -0.211. The molecule has 0 atom stereocenters. The van der Waals surface area contributed by atoms with E-state index in [1.807, 2.05) is 9.47 Å². The number of aromatic nitrogens is 6. The number of methoxy groups -OCH3 is 1. The smallest absolute Gasteiger partial charge is 0.306 e. The number of carbonyl (C=O) groups excluding carboxylic acids is 1. The van der Waals surface area contributed by atoms with Gasteiger partial charge in [0.1, 0.15) is 28.6 Å². The number of anilines is 2. The number of ether oxygens (including phenoxy) is 2. The molecule has 0 unspecified atom stereocenters. The summed E-state index contributed by atoms with van der Waals surface area (Å²) in [6, 6.07) is 6.33. The van der Waals surface area contributed by atoms with Crippen LogP contribution in [0.4, 0.5) is 11.5 Å². The summed E-state index contributed by atoms with van der Waals surface area (Å²) in [4.78, 5) is 37.1. The molecule has 12 heteroatoms. The molecule has 180 valence electrons. The molecular weight excluding hydrogens is 486 g/mol. The number of rotatable bonds is 9. The average molecular weight is 510 g/mol. The Labute approximate surface area is 210 Å². The summed E-state index contributed by atoms with van der Waals surface area (Å²) in [5, 5.41) is 1.61. The minimum absolute atomic E-state index is 0.211. The second-order valence-electron chi connectivity index (χ2n) is 7.56. The molecule has 4 aromatic rings. The Morgan fingerprint density at radius 1 is 1.14 bits per heavy atom. The minimum Gasteiger partial charge on any atom is -0.466 e. The highest BCUT2D eigenvalue weighted by Crippen LogP contribution is 2.46. The summed E-state index contributed by atoms with van der Waals surface area (Å²) in [5.74, 6) is 1.15. The maximum atomic E-state index is 11.6. The molecule has 1 aromatic carbocycles. The van der Waals surface area contributed by atoms with Gasteiger partial charge in [-0.2, -0.15) is 0 Å². The van der Waals surface area contributed by atoms with Crippen molar-refractivity contribution in [2.75, 3.05) is 31.1 Å². The number of carbonyl (C=O) groups is 1. The van der Waals surface area contributed by atoms with Gasteiger partial charge in [0.25, 0.3) is 0 Å². The Morgan fingerprint density at radius 3 is 2.89 bits per heavy atom. The number of nitrogens with zero attached hydrogens (tertiary/aromatic N) is 7. The van der Waals surface area contributed by atoms with Crippen LogP contribution in [0.25, 0.3) is 11.2 Å². The maximum Gasteiger partial charge on any atom is 0.306 e. The number of esters is 1. The van der Waals surface area contributed by atoms with E-state index >= 15 is 0 Å². The molecule has 3 aromatic heterocycles. The van der Waals surface area contributed by atoms with Crippen LogP contribution in [-0.4, -0.2) is 61.7 Å². The fourth-order valence-electron chi connectivity index (χ4n) is 3.75. The molecule has 0 aliphatic carbocycles. The van der Waals surface area contributed by atoms with E-state index in [9.17, 15) is 4.79 Å². The second-order valence-corrected chi connectivity index (χ2v) is 9.68. The lowest BCUT2D eigenvalue weighted by Crippen LogP contribution is -2.24. The average Bonchev–Trinajstić information content (AvgIpc) is 3.28. The van der Waals surface area contributed by atoms with Crippen LogP contribution >= 0.6 is 23.5 Å². The molecule has 1 aliphatic rings. The molecule has 0 spiro atoms. The summed E-state index contributed by atoms with van der Waals surface area (Å²) >= 11 is 3.08. The lowest BCUT2D eigenvalue weighted by Gasteiger charge is -2.30. The van der Waals surface area contributed by atoms with Crippen molar-refractivity contribution in [2.45, 2.75) is 34.8 Å². The molecule has 0 radical (unpaired) electrons. The number of hydrogen-bond donors (Lipinski definition) is 0. The molecule has 0 saturated carbocycles. The highest BCUT2D eigenvalue weighted by Gasteiger charge is 2.26. The third kappa shape index (κ3) is 4.95. The normalized spacial score (nSPS) is 12.5. The van der Waals surface area contributed by atoms with E-state index in [1.165, 1.54) is 18.1 Å². The predicted molar refractivity (Wildman–Crippen MR) is 133 cm³/mol. The van der Waals surface area contributed by atoms with Crippen LogP contribution in [0.2, 0.25) is 0 Å². The van der Waals surface area contributed by atoms with Crippen LogP contribution < -0.4 is 4.90 Å². The van der Waals surface area contributed by atoms with E-state index in [-0.39, 0.29) is 5.97 Å². The molecule has 0 fully saturated rings. The van der Waals surface area contributed by atoms with Gasteiger partial charge in [-0.25, -0.2) is 24.9 Å². The first-order chi connectivity index (χ1) is 17.2. The first-order valence-electron chi connectivity index (χ1n) is 11.0.